The largest absolute Gasteiger partial charge is 0.455 e. The molecule has 0 radical (unpaired) electrons. The maximum absolute atomic E-state index is 6.38. The summed E-state index contributed by atoms with van der Waals surface area (Å²) < 4.78 is 6.38. The molecule has 0 fully saturated rings. The van der Waals surface area contributed by atoms with Gasteiger partial charge in [0.1, 0.15) is 22.8 Å². The molecule has 0 bridgehead atoms. The molecular weight excluding hydrogens is 384 g/mol. The van der Waals surface area contributed by atoms with E-state index in [4.69, 9.17) is 4.42 Å². The zero-order valence-electron chi connectivity index (χ0n) is 17.7. The maximum atomic E-state index is 6.38. The van der Waals surface area contributed by atoms with E-state index in [1.165, 1.54) is 0 Å². The number of fused-ring (bicyclic) bond motifs is 5. The van der Waals surface area contributed by atoms with Crippen molar-refractivity contribution < 1.29 is 4.42 Å². The number of imidazole rings is 2. The summed E-state index contributed by atoms with van der Waals surface area (Å²) >= 11 is 0. The Morgan fingerprint density at radius 3 is 2.23 bits per heavy atom. The van der Waals surface area contributed by atoms with Crippen molar-refractivity contribution in [3.8, 4) is 22.5 Å². The van der Waals surface area contributed by atoms with Crippen LogP contribution in [0.15, 0.2) is 65.3 Å². The number of nitrogens with one attached hydrogen (secondary N) is 2. The van der Waals surface area contributed by atoms with Gasteiger partial charge in [-0.2, -0.15) is 0 Å². The Morgan fingerprint density at radius 2 is 1.48 bits per heavy atom. The first-order valence-electron chi connectivity index (χ1n) is 10.5. The number of benzene rings is 3. The molecular formula is C26H22N4O. The summed E-state index contributed by atoms with van der Waals surface area (Å²) in [5, 5.41) is 4.51. The molecule has 0 aliphatic heterocycles. The van der Waals surface area contributed by atoms with Crippen LogP contribution in [0.2, 0.25) is 0 Å². The van der Waals surface area contributed by atoms with Crippen molar-refractivity contribution in [1.82, 2.24) is 19.9 Å². The number of aromatic amines is 2. The highest BCUT2D eigenvalue weighted by Gasteiger charge is 2.13. The third-order valence-corrected chi connectivity index (χ3v) is 5.92. The van der Waals surface area contributed by atoms with Gasteiger partial charge in [-0.3, -0.25) is 0 Å². The first-order valence-corrected chi connectivity index (χ1v) is 10.5. The van der Waals surface area contributed by atoms with Crippen molar-refractivity contribution in [1.29, 1.82) is 0 Å². The number of aryl methyl sites for hydroxylation is 1. The van der Waals surface area contributed by atoms with Crippen molar-refractivity contribution in [3.63, 3.8) is 0 Å². The predicted molar refractivity (Wildman–Crippen MR) is 125 cm³/mol. The highest BCUT2D eigenvalue weighted by molar-refractivity contribution is 6.15. The Labute approximate surface area is 179 Å². The molecule has 3 aromatic carbocycles. The number of hydrogen-bond acceptors (Lipinski definition) is 3. The van der Waals surface area contributed by atoms with E-state index in [2.05, 4.69) is 82.3 Å². The molecule has 2 N–H and O–H groups in total. The molecule has 5 nitrogen and oxygen atoms in total. The van der Waals surface area contributed by atoms with Gasteiger partial charge in [-0.1, -0.05) is 32.0 Å². The van der Waals surface area contributed by atoms with Crippen molar-refractivity contribution in [2.45, 2.75) is 26.7 Å². The molecule has 3 heterocycles. The van der Waals surface area contributed by atoms with Crippen LogP contribution in [0, 0.1) is 6.92 Å². The molecule has 0 aliphatic rings. The minimum Gasteiger partial charge on any atom is -0.455 e. The van der Waals surface area contributed by atoms with Crippen LogP contribution in [-0.2, 0) is 0 Å². The predicted octanol–water partition coefficient (Wildman–Crippen LogP) is 6.95. The van der Waals surface area contributed by atoms with Gasteiger partial charge in [-0.15, -0.1) is 0 Å². The van der Waals surface area contributed by atoms with E-state index in [0.717, 1.165) is 66.9 Å². The zero-order chi connectivity index (χ0) is 21.1. The van der Waals surface area contributed by atoms with E-state index in [0.29, 0.717) is 5.92 Å². The Balaban J connectivity index is 1.49. The first-order chi connectivity index (χ1) is 15.1. The Morgan fingerprint density at radius 1 is 0.774 bits per heavy atom. The Bertz CT molecular complexity index is 1580. The van der Waals surface area contributed by atoms with E-state index in [9.17, 15) is 0 Å². The molecule has 0 atom stereocenters. The number of aromatic nitrogens is 4. The van der Waals surface area contributed by atoms with E-state index >= 15 is 0 Å². The molecule has 31 heavy (non-hydrogen) atoms. The number of hydrogen-bond donors (Lipinski definition) is 2. The van der Waals surface area contributed by atoms with Crippen molar-refractivity contribution in [2.75, 3.05) is 0 Å². The molecule has 0 spiro atoms. The van der Waals surface area contributed by atoms with Gasteiger partial charge in [0.05, 0.1) is 23.8 Å². The van der Waals surface area contributed by atoms with E-state index in [1.807, 2.05) is 19.3 Å². The Hall–Kier alpha value is -3.86. The lowest BCUT2D eigenvalue weighted by molar-refractivity contribution is 0.673. The van der Waals surface area contributed by atoms with E-state index in [1.54, 1.807) is 0 Å². The third-order valence-electron chi connectivity index (χ3n) is 5.92. The standard InChI is InChI=1S/C26H22N4O/c1-14(2)26-28-13-23(30-26)18-6-8-20-21-9-4-16-10-17(22-12-27-15(3)29-22)5-7-19(16)25(21)31-24(20)11-18/h4-14H,1-3H3,(H,27,29)(H,28,30). The second-order valence-corrected chi connectivity index (χ2v) is 8.41. The summed E-state index contributed by atoms with van der Waals surface area (Å²) in [7, 11) is 0. The van der Waals surface area contributed by atoms with E-state index in [-0.39, 0.29) is 0 Å². The Kier molecular flexibility index (Phi) is 3.81. The van der Waals surface area contributed by atoms with Gasteiger partial charge < -0.3 is 14.4 Å². The second-order valence-electron chi connectivity index (χ2n) is 8.41. The van der Waals surface area contributed by atoms with Gasteiger partial charge >= 0.3 is 0 Å². The van der Waals surface area contributed by atoms with Crippen LogP contribution in [0.5, 0.6) is 0 Å². The van der Waals surface area contributed by atoms with Gasteiger partial charge in [0.2, 0.25) is 0 Å². The van der Waals surface area contributed by atoms with Crippen molar-refractivity contribution >= 4 is 32.7 Å². The summed E-state index contributed by atoms with van der Waals surface area (Å²) in [5.74, 6) is 2.27. The average Bonchev–Trinajstić information content (AvgIpc) is 3.50. The highest BCUT2D eigenvalue weighted by atomic mass is 16.3. The van der Waals surface area contributed by atoms with Gasteiger partial charge in [0.15, 0.2) is 0 Å². The molecule has 152 valence electrons. The highest BCUT2D eigenvalue weighted by Crippen LogP contribution is 2.37. The third kappa shape index (κ3) is 2.85. The van der Waals surface area contributed by atoms with Crippen LogP contribution in [-0.4, -0.2) is 19.9 Å². The molecule has 0 unspecified atom stereocenters. The number of furan rings is 1. The van der Waals surface area contributed by atoms with Crippen LogP contribution in [0.1, 0.15) is 31.4 Å². The van der Waals surface area contributed by atoms with Crippen LogP contribution >= 0.6 is 0 Å². The van der Waals surface area contributed by atoms with E-state index < -0.39 is 0 Å². The molecule has 6 rings (SSSR count). The quantitative estimate of drug-likeness (QED) is 0.334. The molecule has 0 saturated carbocycles. The summed E-state index contributed by atoms with van der Waals surface area (Å²) in [6.07, 6.45) is 3.77. The van der Waals surface area contributed by atoms with Gasteiger partial charge in [-0.25, -0.2) is 9.97 Å². The lowest BCUT2D eigenvalue weighted by Crippen LogP contribution is -1.89. The molecule has 0 aliphatic carbocycles. The molecule has 3 aromatic heterocycles. The normalized spacial score (nSPS) is 12.0. The fourth-order valence-corrected chi connectivity index (χ4v) is 4.24. The smallest absolute Gasteiger partial charge is 0.143 e. The fraction of sp³-hybridized carbons (Fsp3) is 0.154. The lowest BCUT2D eigenvalue weighted by atomic mass is 10.0. The topological polar surface area (TPSA) is 70.5 Å². The van der Waals surface area contributed by atoms with Crippen LogP contribution in [0.25, 0.3) is 55.2 Å². The molecule has 5 heteroatoms. The van der Waals surface area contributed by atoms with Crippen LogP contribution in [0.3, 0.4) is 0 Å². The van der Waals surface area contributed by atoms with Gasteiger partial charge in [0, 0.05) is 33.2 Å². The monoisotopic (exact) mass is 406 g/mol. The summed E-state index contributed by atoms with van der Waals surface area (Å²) in [6.45, 7) is 6.23. The van der Waals surface area contributed by atoms with Gasteiger partial charge in [0.25, 0.3) is 0 Å². The SMILES string of the molecule is Cc1ncc(-c2ccc3c(ccc4c5ccc(-c6cnc(C(C)C)[nH]6)cc5oc34)c2)[nH]1. The lowest BCUT2D eigenvalue weighted by Gasteiger charge is -2.02. The summed E-state index contributed by atoms with van der Waals surface area (Å²) in [4.78, 5) is 15.5. The number of rotatable bonds is 3. The minimum absolute atomic E-state index is 0.366. The number of H-pyrrole nitrogens is 2. The summed E-state index contributed by atoms with van der Waals surface area (Å²) in [5.41, 5.74) is 6.03. The average molecular weight is 406 g/mol. The molecule has 6 aromatic rings. The number of nitrogens with zero attached hydrogens (tertiary/aromatic N) is 2. The maximum Gasteiger partial charge on any atom is 0.143 e. The first kappa shape index (κ1) is 18.0. The fourth-order valence-electron chi connectivity index (χ4n) is 4.24. The second kappa shape index (κ2) is 6.57. The van der Waals surface area contributed by atoms with Crippen molar-refractivity contribution in [3.05, 3.63) is 72.6 Å². The van der Waals surface area contributed by atoms with Gasteiger partial charge in [-0.05, 0) is 42.6 Å². The minimum atomic E-state index is 0.366. The summed E-state index contributed by atoms with van der Waals surface area (Å²) in [6, 6.07) is 17.1. The van der Waals surface area contributed by atoms with Crippen LogP contribution in [0.4, 0.5) is 0 Å². The van der Waals surface area contributed by atoms with Crippen LogP contribution < -0.4 is 0 Å². The molecule has 0 saturated heterocycles. The zero-order valence-corrected chi connectivity index (χ0v) is 17.7. The molecule has 0 amide bonds. The van der Waals surface area contributed by atoms with Crippen molar-refractivity contribution in [2.24, 2.45) is 0 Å².